The number of fused-ring (bicyclic) bond motifs is 1. The van der Waals surface area contributed by atoms with Gasteiger partial charge in [-0.3, -0.25) is 4.79 Å². The van der Waals surface area contributed by atoms with E-state index in [1.807, 2.05) is 38.1 Å². The molecular formula is C38H34N2O4. The number of anilines is 2. The zero-order chi connectivity index (χ0) is 31.2. The molecule has 220 valence electrons. The lowest BCUT2D eigenvalue weighted by Gasteiger charge is -2.14. The second-order valence-electron chi connectivity index (χ2n) is 10.6. The molecular weight excluding hydrogens is 548 g/mol. The number of aromatic carboxylic acids is 1. The van der Waals surface area contributed by atoms with Crippen molar-refractivity contribution < 1.29 is 19.4 Å². The van der Waals surface area contributed by atoms with Crippen LogP contribution in [0, 0.1) is 20.8 Å². The molecule has 0 aliphatic heterocycles. The van der Waals surface area contributed by atoms with E-state index in [0.29, 0.717) is 17.0 Å². The maximum absolute atomic E-state index is 13.1. The molecule has 6 nitrogen and oxygen atoms in total. The standard InChI is InChI=1S/C23H21NO4.C15H13N/c1-14-7-10-16(11-8-14)24-19-6-4-5-18(21(19)23(26)27)22(25)17-12-9-15(2)13-20(17)28-3;1-12-14(13-7-3-2-4-8-13)11-16-10-6-5-9-15(12)16/h4-13,24H,1-3H3,(H,26,27);2-11H,1H3. The van der Waals surface area contributed by atoms with Crippen LogP contribution in [0.3, 0.4) is 0 Å². The first-order chi connectivity index (χ1) is 21.3. The number of benzene rings is 4. The highest BCUT2D eigenvalue weighted by Crippen LogP contribution is 2.30. The summed E-state index contributed by atoms with van der Waals surface area (Å²) in [7, 11) is 1.49. The molecule has 2 aromatic heterocycles. The Hall–Kier alpha value is -5.62. The van der Waals surface area contributed by atoms with Gasteiger partial charge in [0.1, 0.15) is 5.75 Å². The first kappa shape index (κ1) is 29.9. The van der Waals surface area contributed by atoms with Crippen LogP contribution in [0.25, 0.3) is 16.6 Å². The molecule has 6 aromatic rings. The highest BCUT2D eigenvalue weighted by atomic mass is 16.5. The van der Waals surface area contributed by atoms with Gasteiger partial charge in [-0.15, -0.1) is 0 Å². The average Bonchev–Trinajstić information content (AvgIpc) is 3.38. The van der Waals surface area contributed by atoms with Crippen molar-refractivity contribution in [3.8, 4) is 16.9 Å². The number of hydrogen-bond acceptors (Lipinski definition) is 4. The summed E-state index contributed by atoms with van der Waals surface area (Å²) in [4.78, 5) is 25.1. The number of pyridine rings is 1. The predicted octanol–water partition coefficient (Wildman–Crippen LogP) is 8.90. The maximum Gasteiger partial charge on any atom is 0.338 e. The van der Waals surface area contributed by atoms with E-state index in [4.69, 9.17) is 4.74 Å². The Morgan fingerprint density at radius 3 is 2.14 bits per heavy atom. The lowest BCUT2D eigenvalue weighted by atomic mass is 9.95. The number of carboxylic acids is 1. The largest absolute Gasteiger partial charge is 0.496 e. The smallest absolute Gasteiger partial charge is 0.338 e. The van der Waals surface area contributed by atoms with E-state index in [-0.39, 0.29) is 11.1 Å². The molecule has 2 heterocycles. The molecule has 6 heteroatoms. The van der Waals surface area contributed by atoms with Crippen LogP contribution in [0.1, 0.15) is 43.0 Å². The summed E-state index contributed by atoms with van der Waals surface area (Å²) in [5.41, 5.74) is 8.70. The van der Waals surface area contributed by atoms with Crippen molar-refractivity contribution in [3.63, 3.8) is 0 Å². The van der Waals surface area contributed by atoms with Crippen molar-refractivity contribution in [1.29, 1.82) is 0 Å². The van der Waals surface area contributed by atoms with Gasteiger partial charge < -0.3 is 19.6 Å². The fourth-order valence-electron chi connectivity index (χ4n) is 5.17. The second-order valence-corrected chi connectivity index (χ2v) is 10.6. The van der Waals surface area contributed by atoms with Crippen molar-refractivity contribution in [1.82, 2.24) is 4.40 Å². The van der Waals surface area contributed by atoms with Gasteiger partial charge in [-0.05, 0) is 79.9 Å². The van der Waals surface area contributed by atoms with Crippen molar-refractivity contribution in [2.75, 3.05) is 12.4 Å². The number of nitrogens with zero attached hydrogens (tertiary/aromatic N) is 1. The van der Waals surface area contributed by atoms with E-state index in [1.165, 1.54) is 35.4 Å². The third-order valence-corrected chi connectivity index (χ3v) is 7.49. The van der Waals surface area contributed by atoms with Crippen molar-refractivity contribution in [2.24, 2.45) is 0 Å². The quantitative estimate of drug-likeness (QED) is 0.184. The number of ketones is 1. The first-order valence-electron chi connectivity index (χ1n) is 14.3. The molecule has 0 bridgehead atoms. The Morgan fingerprint density at radius 1 is 0.750 bits per heavy atom. The minimum absolute atomic E-state index is 0.0734. The Labute approximate surface area is 257 Å². The summed E-state index contributed by atoms with van der Waals surface area (Å²) in [5.74, 6) is -1.16. The number of rotatable bonds is 7. The molecule has 0 saturated carbocycles. The van der Waals surface area contributed by atoms with E-state index in [2.05, 4.69) is 77.6 Å². The van der Waals surface area contributed by atoms with E-state index >= 15 is 0 Å². The number of ether oxygens (including phenoxy) is 1. The minimum Gasteiger partial charge on any atom is -0.496 e. The van der Waals surface area contributed by atoms with Crippen molar-refractivity contribution >= 4 is 28.6 Å². The lowest BCUT2D eigenvalue weighted by Crippen LogP contribution is -2.13. The average molecular weight is 583 g/mol. The van der Waals surface area contributed by atoms with Crippen molar-refractivity contribution in [2.45, 2.75) is 20.8 Å². The lowest BCUT2D eigenvalue weighted by molar-refractivity contribution is 0.0694. The molecule has 6 rings (SSSR count). The first-order valence-corrected chi connectivity index (χ1v) is 14.3. The molecule has 0 spiro atoms. The van der Waals surface area contributed by atoms with Crippen LogP contribution in [0.4, 0.5) is 11.4 Å². The second kappa shape index (κ2) is 13.1. The number of hydrogen-bond donors (Lipinski definition) is 2. The van der Waals surface area contributed by atoms with E-state index in [1.54, 1.807) is 30.3 Å². The van der Waals surface area contributed by atoms with Gasteiger partial charge in [-0.2, -0.15) is 0 Å². The topological polar surface area (TPSA) is 80.0 Å². The van der Waals surface area contributed by atoms with Gasteiger partial charge in [0, 0.05) is 34.7 Å². The monoisotopic (exact) mass is 582 g/mol. The van der Waals surface area contributed by atoms with Gasteiger partial charge in [0.2, 0.25) is 0 Å². The number of aryl methyl sites for hydroxylation is 3. The van der Waals surface area contributed by atoms with E-state index < -0.39 is 11.8 Å². The summed E-state index contributed by atoms with van der Waals surface area (Å²) in [6.45, 7) is 6.05. The van der Waals surface area contributed by atoms with Crippen LogP contribution >= 0.6 is 0 Å². The van der Waals surface area contributed by atoms with Crippen LogP contribution in [-0.2, 0) is 0 Å². The van der Waals surface area contributed by atoms with Gasteiger partial charge in [0.05, 0.1) is 23.9 Å². The minimum atomic E-state index is -1.18. The molecule has 0 amide bonds. The Morgan fingerprint density at radius 2 is 1.45 bits per heavy atom. The number of carbonyl (C=O) groups is 2. The number of carboxylic acid groups (broad SMARTS) is 1. The van der Waals surface area contributed by atoms with E-state index in [9.17, 15) is 14.7 Å². The summed E-state index contributed by atoms with van der Waals surface area (Å²) in [6.07, 6.45) is 4.29. The van der Waals surface area contributed by atoms with Crippen LogP contribution in [0.5, 0.6) is 5.75 Å². The fraction of sp³-hybridized carbons (Fsp3) is 0.105. The van der Waals surface area contributed by atoms with Crippen molar-refractivity contribution in [3.05, 3.63) is 155 Å². The van der Waals surface area contributed by atoms with Gasteiger partial charge in [-0.25, -0.2) is 4.79 Å². The Kier molecular flexibility index (Phi) is 8.91. The zero-order valence-corrected chi connectivity index (χ0v) is 25.2. The molecule has 0 saturated heterocycles. The van der Waals surface area contributed by atoms with Crippen LogP contribution < -0.4 is 10.1 Å². The summed E-state index contributed by atoms with van der Waals surface area (Å²) in [5, 5.41) is 12.9. The van der Waals surface area contributed by atoms with Gasteiger partial charge in [0.25, 0.3) is 0 Å². The van der Waals surface area contributed by atoms with Crippen LogP contribution in [0.15, 0.2) is 122 Å². The third-order valence-electron chi connectivity index (χ3n) is 7.49. The third kappa shape index (κ3) is 6.40. The molecule has 44 heavy (non-hydrogen) atoms. The molecule has 0 radical (unpaired) electrons. The molecule has 4 aromatic carbocycles. The molecule has 0 fully saturated rings. The predicted molar refractivity (Wildman–Crippen MR) is 177 cm³/mol. The number of methoxy groups -OCH3 is 1. The van der Waals surface area contributed by atoms with Crippen LogP contribution in [0.2, 0.25) is 0 Å². The van der Waals surface area contributed by atoms with Crippen LogP contribution in [-0.4, -0.2) is 28.4 Å². The number of nitrogens with one attached hydrogen (secondary N) is 1. The summed E-state index contributed by atoms with van der Waals surface area (Å²) < 4.78 is 7.50. The summed E-state index contributed by atoms with van der Waals surface area (Å²) in [6, 6.07) is 34.4. The van der Waals surface area contributed by atoms with Gasteiger partial charge >= 0.3 is 5.97 Å². The van der Waals surface area contributed by atoms with E-state index in [0.717, 1.165) is 16.8 Å². The molecule has 0 aliphatic rings. The summed E-state index contributed by atoms with van der Waals surface area (Å²) >= 11 is 0. The van der Waals surface area contributed by atoms with Gasteiger partial charge in [-0.1, -0.05) is 72.3 Å². The Balaban J connectivity index is 0.000000201. The normalized spacial score (nSPS) is 10.5. The highest BCUT2D eigenvalue weighted by molar-refractivity contribution is 6.17. The highest BCUT2D eigenvalue weighted by Gasteiger charge is 2.24. The fourth-order valence-corrected chi connectivity index (χ4v) is 5.17. The number of aromatic nitrogens is 1. The maximum atomic E-state index is 13.1. The zero-order valence-electron chi connectivity index (χ0n) is 25.2. The number of carbonyl (C=O) groups excluding carboxylic acids is 1. The Bertz CT molecular complexity index is 1940. The molecule has 2 N–H and O–H groups in total. The SMILES string of the molecule is COc1cc(C)ccc1C(=O)c1cccc(Nc2ccc(C)cc2)c1C(=O)O.Cc1c(-c2ccccc2)cn2ccccc12. The molecule has 0 unspecified atom stereocenters. The van der Waals surface area contributed by atoms with Gasteiger partial charge in [0.15, 0.2) is 5.78 Å². The molecule has 0 aliphatic carbocycles. The molecule has 0 atom stereocenters.